The van der Waals surface area contributed by atoms with E-state index in [4.69, 9.17) is 11.6 Å². The van der Waals surface area contributed by atoms with Crippen LogP contribution in [0.5, 0.6) is 0 Å². The minimum atomic E-state index is -3.66. The number of hydrogen-bond donors (Lipinski definition) is 1. The molecule has 2 heterocycles. The predicted octanol–water partition coefficient (Wildman–Crippen LogP) is 4.12. The van der Waals surface area contributed by atoms with E-state index in [9.17, 15) is 8.42 Å². The van der Waals surface area contributed by atoms with Gasteiger partial charge in [0.2, 0.25) is 0 Å². The number of rotatable bonds is 3. The molecule has 0 saturated carbocycles. The Labute approximate surface area is 130 Å². The number of hydrogen-bond acceptors (Lipinski definition) is 4. The molecule has 0 unspecified atom stereocenters. The SMILES string of the molecule is O=S(=O)(Nc1cc(Br)cnc1Cl)c1sccc1Br. The van der Waals surface area contributed by atoms with Gasteiger partial charge in [0.05, 0.1) is 5.69 Å². The lowest BCUT2D eigenvalue weighted by Gasteiger charge is -2.08. The molecule has 0 radical (unpaired) electrons. The monoisotopic (exact) mass is 430 g/mol. The summed E-state index contributed by atoms with van der Waals surface area (Å²) in [6.07, 6.45) is 1.49. The minimum absolute atomic E-state index is 0.0921. The molecule has 2 aromatic rings. The summed E-state index contributed by atoms with van der Waals surface area (Å²) in [5.41, 5.74) is 0.228. The molecule has 2 rings (SSSR count). The lowest BCUT2D eigenvalue weighted by molar-refractivity contribution is 0.603. The highest BCUT2D eigenvalue weighted by Gasteiger charge is 2.20. The lowest BCUT2D eigenvalue weighted by atomic mass is 10.4. The summed E-state index contributed by atoms with van der Waals surface area (Å²) < 4.78 is 28.0. The second-order valence-electron chi connectivity index (χ2n) is 3.15. The maximum Gasteiger partial charge on any atom is 0.272 e. The zero-order valence-corrected chi connectivity index (χ0v) is 14.1. The Bertz CT molecular complexity index is 688. The van der Waals surface area contributed by atoms with Gasteiger partial charge in [-0.1, -0.05) is 11.6 Å². The molecular formula is C9H5Br2ClN2O2S2. The first-order chi connectivity index (χ1) is 8.40. The number of aromatic nitrogens is 1. The quantitative estimate of drug-likeness (QED) is 0.743. The maximum atomic E-state index is 12.1. The highest BCUT2D eigenvalue weighted by molar-refractivity contribution is 9.10. The first-order valence-corrected chi connectivity index (χ1v) is 8.79. The molecule has 0 aliphatic carbocycles. The summed E-state index contributed by atoms with van der Waals surface area (Å²) in [7, 11) is -3.66. The van der Waals surface area contributed by atoms with Crippen LogP contribution in [0.1, 0.15) is 0 Å². The van der Waals surface area contributed by atoms with E-state index in [0.29, 0.717) is 8.95 Å². The van der Waals surface area contributed by atoms with Crippen LogP contribution in [0, 0.1) is 0 Å². The Morgan fingerprint density at radius 3 is 2.72 bits per heavy atom. The van der Waals surface area contributed by atoms with E-state index >= 15 is 0 Å². The largest absolute Gasteiger partial charge is 0.276 e. The van der Waals surface area contributed by atoms with Crippen LogP contribution in [0.3, 0.4) is 0 Å². The Balaban J connectivity index is 2.40. The van der Waals surface area contributed by atoms with Gasteiger partial charge in [0.15, 0.2) is 9.36 Å². The third-order valence-electron chi connectivity index (χ3n) is 1.88. The third kappa shape index (κ3) is 3.05. The summed E-state index contributed by atoms with van der Waals surface area (Å²) in [6.45, 7) is 0. The smallest absolute Gasteiger partial charge is 0.272 e. The van der Waals surface area contributed by atoms with Gasteiger partial charge in [-0.3, -0.25) is 4.72 Å². The number of sulfonamides is 1. The van der Waals surface area contributed by atoms with E-state index < -0.39 is 10.0 Å². The van der Waals surface area contributed by atoms with E-state index in [1.165, 1.54) is 6.20 Å². The van der Waals surface area contributed by atoms with Crippen molar-refractivity contribution >= 4 is 70.5 Å². The van der Waals surface area contributed by atoms with E-state index in [-0.39, 0.29) is 15.0 Å². The van der Waals surface area contributed by atoms with Crippen molar-refractivity contribution < 1.29 is 8.42 Å². The molecule has 0 atom stereocenters. The zero-order valence-electron chi connectivity index (χ0n) is 8.52. The molecule has 0 bridgehead atoms. The van der Waals surface area contributed by atoms with E-state index in [1.807, 2.05) is 0 Å². The average molecular weight is 433 g/mol. The van der Waals surface area contributed by atoms with Crippen LogP contribution in [0.4, 0.5) is 5.69 Å². The first kappa shape index (κ1) is 14.3. The Kier molecular flexibility index (Phi) is 4.32. The van der Waals surface area contributed by atoms with Crippen LogP contribution in [0.15, 0.2) is 36.9 Å². The van der Waals surface area contributed by atoms with Crippen molar-refractivity contribution in [3.63, 3.8) is 0 Å². The zero-order chi connectivity index (χ0) is 13.3. The molecule has 96 valence electrons. The van der Waals surface area contributed by atoms with Crippen molar-refractivity contribution in [1.29, 1.82) is 0 Å². The highest BCUT2D eigenvalue weighted by atomic mass is 79.9. The summed E-state index contributed by atoms with van der Waals surface area (Å²) in [5, 5.41) is 1.77. The molecule has 1 N–H and O–H groups in total. The fraction of sp³-hybridized carbons (Fsp3) is 0. The van der Waals surface area contributed by atoms with Crippen molar-refractivity contribution in [2.45, 2.75) is 4.21 Å². The molecule has 0 spiro atoms. The van der Waals surface area contributed by atoms with Crippen LogP contribution in [-0.4, -0.2) is 13.4 Å². The molecule has 4 nitrogen and oxygen atoms in total. The van der Waals surface area contributed by atoms with E-state index in [1.54, 1.807) is 17.5 Å². The number of thiophene rings is 1. The number of anilines is 1. The second-order valence-corrected chi connectivity index (χ2v) is 8.08. The molecule has 0 fully saturated rings. The fourth-order valence-electron chi connectivity index (χ4n) is 1.16. The lowest BCUT2D eigenvalue weighted by Crippen LogP contribution is -2.12. The van der Waals surface area contributed by atoms with Crippen LogP contribution in [0.2, 0.25) is 5.15 Å². The van der Waals surface area contributed by atoms with Crippen molar-refractivity contribution in [3.05, 3.63) is 37.8 Å². The van der Waals surface area contributed by atoms with Gasteiger partial charge in [0.1, 0.15) is 0 Å². The van der Waals surface area contributed by atoms with Gasteiger partial charge in [-0.2, -0.15) is 0 Å². The molecule has 0 aliphatic rings. The first-order valence-electron chi connectivity index (χ1n) is 4.47. The van der Waals surface area contributed by atoms with Gasteiger partial charge in [0.25, 0.3) is 10.0 Å². The molecule has 9 heteroatoms. The normalized spacial score (nSPS) is 11.5. The number of nitrogens with one attached hydrogen (secondary N) is 1. The summed E-state index contributed by atoms with van der Waals surface area (Å²) in [4.78, 5) is 3.85. The fourth-order valence-corrected chi connectivity index (χ4v) is 5.09. The maximum absolute atomic E-state index is 12.1. The van der Waals surface area contributed by atoms with Gasteiger partial charge >= 0.3 is 0 Å². The van der Waals surface area contributed by atoms with Crippen LogP contribution in [0.25, 0.3) is 0 Å². The third-order valence-corrected chi connectivity index (χ3v) is 6.65. The van der Waals surface area contributed by atoms with Crippen molar-refractivity contribution in [2.24, 2.45) is 0 Å². The van der Waals surface area contributed by atoms with Gasteiger partial charge in [0, 0.05) is 15.1 Å². The van der Waals surface area contributed by atoms with Gasteiger partial charge < -0.3 is 0 Å². The second kappa shape index (κ2) is 5.46. The highest BCUT2D eigenvalue weighted by Crippen LogP contribution is 2.31. The Morgan fingerprint density at radius 1 is 1.39 bits per heavy atom. The topological polar surface area (TPSA) is 59.1 Å². The van der Waals surface area contributed by atoms with E-state index in [0.717, 1.165) is 11.3 Å². The molecule has 2 aromatic heterocycles. The molecule has 18 heavy (non-hydrogen) atoms. The van der Waals surface area contributed by atoms with Gasteiger partial charge in [-0.05, 0) is 49.4 Å². The Hall–Kier alpha value is -0.150. The average Bonchev–Trinajstić information content (AvgIpc) is 2.70. The van der Waals surface area contributed by atoms with Crippen molar-refractivity contribution in [2.75, 3.05) is 4.72 Å². The van der Waals surface area contributed by atoms with Crippen LogP contribution >= 0.6 is 54.8 Å². The van der Waals surface area contributed by atoms with Crippen molar-refractivity contribution in [1.82, 2.24) is 4.98 Å². The van der Waals surface area contributed by atoms with Gasteiger partial charge in [-0.25, -0.2) is 13.4 Å². The molecular weight excluding hydrogens is 428 g/mol. The predicted molar refractivity (Wildman–Crippen MR) is 79.8 cm³/mol. The minimum Gasteiger partial charge on any atom is -0.276 e. The molecule has 0 aromatic carbocycles. The summed E-state index contributed by atoms with van der Waals surface area (Å²) in [6, 6.07) is 3.22. The Morgan fingerprint density at radius 2 is 2.11 bits per heavy atom. The number of nitrogens with zero attached hydrogens (tertiary/aromatic N) is 1. The summed E-state index contributed by atoms with van der Waals surface area (Å²) >= 11 is 13.3. The van der Waals surface area contributed by atoms with Crippen molar-refractivity contribution in [3.8, 4) is 0 Å². The van der Waals surface area contributed by atoms with Crippen LogP contribution < -0.4 is 4.72 Å². The standard InChI is InChI=1S/C9H5Br2ClN2O2S2/c10-5-3-7(8(12)13-4-5)14-18(15,16)9-6(11)1-2-17-9/h1-4,14H. The number of halogens is 3. The molecule has 0 aliphatic heterocycles. The van der Waals surface area contributed by atoms with Crippen LogP contribution in [-0.2, 0) is 10.0 Å². The molecule has 0 saturated heterocycles. The van der Waals surface area contributed by atoms with Gasteiger partial charge in [-0.15, -0.1) is 11.3 Å². The molecule has 0 amide bonds. The van der Waals surface area contributed by atoms with E-state index in [2.05, 4.69) is 41.6 Å². The number of pyridine rings is 1. The summed E-state index contributed by atoms with van der Waals surface area (Å²) in [5.74, 6) is 0.